The summed E-state index contributed by atoms with van der Waals surface area (Å²) in [7, 11) is -2.92. The van der Waals surface area contributed by atoms with Crippen molar-refractivity contribution in [3.8, 4) is 12.5 Å². The molecule has 0 bridgehead atoms. The summed E-state index contributed by atoms with van der Waals surface area (Å²) in [6.07, 6.45) is 1.89. The van der Waals surface area contributed by atoms with Crippen LogP contribution < -0.4 is 104 Å². The molecule has 0 rings (SSSR count). The third-order valence-electron chi connectivity index (χ3n) is 0.443. The Balaban J connectivity index is -0.0000000607. The van der Waals surface area contributed by atoms with Crippen molar-refractivity contribution in [2.45, 2.75) is 0 Å². The molecule has 0 aromatic carbocycles. The second-order valence-electron chi connectivity index (χ2n) is 1.25. The van der Waals surface area contributed by atoms with Crippen LogP contribution in [0.1, 0.15) is 0 Å². The van der Waals surface area contributed by atoms with Gasteiger partial charge in [0.05, 0.1) is 0 Å². The maximum atomic E-state index is 10.1. The molecule has 0 saturated carbocycles. The number of hydrogen-bond donors (Lipinski definition) is 0. The van der Waals surface area contributed by atoms with Crippen molar-refractivity contribution >= 4 is 19.3 Å². The van der Waals surface area contributed by atoms with E-state index in [9.17, 15) is 9.59 Å². The maximum absolute atomic E-state index is 10.1. The van der Waals surface area contributed by atoms with Gasteiger partial charge in [-0.25, -0.2) is 9.59 Å². The van der Waals surface area contributed by atoms with Crippen LogP contribution in [-0.4, -0.2) is 19.3 Å². The van der Waals surface area contributed by atoms with Crippen molar-refractivity contribution < 1.29 is 123 Å². The van der Waals surface area contributed by atoms with Gasteiger partial charge in [0.2, 0.25) is 0 Å². The van der Waals surface area contributed by atoms with Gasteiger partial charge in [0.1, 0.15) is 0 Å². The first-order valence-electron chi connectivity index (χ1n) is 2.63. The van der Waals surface area contributed by atoms with Crippen LogP contribution in [0, 0.1) is 23.0 Å². The molecule has 0 aliphatic rings. The molecule has 9 nitrogen and oxygen atoms in total. The Hall–Kier alpha value is 0.865. The molecule has 0 fully saturated rings. The number of nitriles is 2. The van der Waals surface area contributed by atoms with E-state index in [1.165, 1.54) is 0 Å². The molecule has 74 valence electrons. The summed E-state index contributed by atoms with van der Waals surface area (Å²) < 4.78 is 6.99. The van der Waals surface area contributed by atoms with Crippen LogP contribution in [0.4, 0.5) is 0 Å². The molecule has 0 aliphatic carbocycles. The molecule has 0 aromatic rings. The van der Waals surface area contributed by atoms with E-state index in [0.717, 1.165) is 12.5 Å². The number of carbonyl (C=O) groups excluding carboxylic acids is 2. The third-order valence-corrected chi connectivity index (χ3v) is 0.443. The molecule has 0 amide bonds. The minimum atomic E-state index is -2.92. The van der Waals surface area contributed by atoms with E-state index < -0.39 is 19.3 Å². The van der Waals surface area contributed by atoms with Crippen molar-refractivity contribution in [3.63, 3.8) is 0 Å². The summed E-state index contributed by atoms with van der Waals surface area (Å²) in [6, 6.07) is 0. The van der Waals surface area contributed by atoms with E-state index in [1.807, 2.05) is 0 Å². The van der Waals surface area contributed by atoms with Crippen molar-refractivity contribution in [1.82, 2.24) is 0 Å². The van der Waals surface area contributed by atoms with Gasteiger partial charge in [-0.3, -0.25) is 7.32 Å². The molecule has 0 aliphatic heterocycles. The summed E-state index contributed by atoms with van der Waals surface area (Å²) in [5.41, 5.74) is 0. The fraction of sp³-hybridized carbons (Fsp3) is 0. The van der Waals surface area contributed by atoms with E-state index >= 15 is 0 Å². The molecule has 0 heterocycles. The van der Waals surface area contributed by atoms with Crippen LogP contribution in [0.3, 0.4) is 0 Å². The zero-order valence-corrected chi connectivity index (χ0v) is 15.3. The third kappa shape index (κ3) is 31.6. The van der Waals surface area contributed by atoms with Crippen LogP contribution in [0.25, 0.3) is 0 Å². The van der Waals surface area contributed by atoms with Crippen LogP contribution in [-0.2, 0) is 19.1 Å². The Morgan fingerprint density at radius 2 is 1.06 bits per heavy atom. The standard InChI is InChI=1S/C4N2O4.BO3.3Na/c5-1-9-3(7)4(8)10-2-6;2-1(3)4;;;/q;-3;3*+1. The van der Waals surface area contributed by atoms with E-state index in [-0.39, 0.29) is 88.7 Å². The summed E-state index contributed by atoms with van der Waals surface area (Å²) in [5, 5.41) is 40.6. The smallest absolute Gasteiger partial charge is 0.907 e. The monoisotopic (exact) mass is 268 g/mol. The fourth-order valence-corrected chi connectivity index (χ4v) is 0.166. The molecule has 0 atom stereocenters. The average molecular weight is 268 g/mol. The Kier molecular flexibility index (Phi) is 39.9. The second-order valence-corrected chi connectivity index (χ2v) is 1.25. The quantitative estimate of drug-likeness (QED) is 0.179. The van der Waals surface area contributed by atoms with Gasteiger partial charge in [0.25, 0.3) is 12.5 Å². The molecule has 0 saturated heterocycles. The van der Waals surface area contributed by atoms with Crippen LogP contribution in [0.15, 0.2) is 0 Å². The zero-order valence-electron chi connectivity index (χ0n) is 9.33. The molecule has 0 aromatic heterocycles. The Morgan fingerprint density at radius 3 is 1.18 bits per heavy atom. The summed E-state index contributed by atoms with van der Waals surface area (Å²) >= 11 is 0. The predicted octanol–water partition coefficient (Wildman–Crippen LogP) is -13.9. The van der Waals surface area contributed by atoms with E-state index in [2.05, 4.69) is 9.47 Å². The zero-order chi connectivity index (χ0) is 11.6. The van der Waals surface area contributed by atoms with Crippen molar-refractivity contribution in [2.75, 3.05) is 0 Å². The molecule has 0 spiro atoms. The normalized spacial score (nSPS) is 5.47. The van der Waals surface area contributed by atoms with Gasteiger partial charge >= 0.3 is 101 Å². The van der Waals surface area contributed by atoms with Gasteiger partial charge in [-0.2, -0.15) is 0 Å². The molecular formula is C4BN2Na3O7. The van der Waals surface area contributed by atoms with Crippen LogP contribution >= 0.6 is 0 Å². The number of rotatable bonds is 0. The van der Waals surface area contributed by atoms with Crippen molar-refractivity contribution in [2.24, 2.45) is 0 Å². The van der Waals surface area contributed by atoms with Gasteiger partial charge in [-0.1, -0.05) is 0 Å². The number of nitrogens with zero attached hydrogens (tertiary/aromatic N) is 2. The number of hydrogen-bond acceptors (Lipinski definition) is 9. The first-order valence-corrected chi connectivity index (χ1v) is 2.63. The van der Waals surface area contributed by atoms with Gasteiger partial charge in [0, 0.05) is 0 Å². The summed E-state index contributed by atoms with van der Waals surface area (Å²) in [6.45, 7) is 0. The van der Waals surface area contributed by atoms with E-state index in [0.29, 0.717) is 0 Å². The summed E-state index contributed by atoms with van der Waals surface area (Å²) in [5.74, 6) is -3.02. The topological polar surface area (TPSA) is 169 Å². The van der Waals surface area contributed by atoms with Gasteiger partial charge in [0.15, 0.2) is 0 Å². The fourth-order valence-electron chi connectivity index (χ4n) is 0.166. The Morgan fingerprint density at radius 1 is 0.882 bits per heavy atom. The van der Waals surface area contributed by atoms with Gasteiger partial charge < -0.3 is 24.5 Å². The first kappa shape index (κ1) is 30.7. The molecular weight excluding hydrogens is 268 g/mol. The Bertz CT molecular complexity index is 259. The molecule has 17 heavy (non-hydrogen) atoms. The number of esters is 2. The Labute approximate surface area is 163 Å². The van der Waals surface area contributed by atoms with Gasteiger partial charge in [-0.15, -0.1) is 10.5 Å². The number of carbonyl (C=O) groups is 2. The minimum absolute atomic E-state index is 0. The molecule has 0 radical (unpaired) electrons. The molecule has 0 N–H and O–H groups in total. The SMILES string of the molecule is N#COC(=O)C(=O)OC#N.[Na+].[Na+].[Na+].[O-]B([O-])[O-]. The van der Waals surface area contributed by atoms with Crippen LogP contribution in [0.2, 0.25) is 0 Å². The van der Waals surface area contributed by atoms with Crippen molar-refractivity contribution in [3.05, 3.63) is 0 Å². The van der Waals surface area contributed by atoms with Crippen LogP contribution in [0.5, 0.6) is 0 Å². The van der Waals surface area contributed by atoms with Gasteiger partial charge in [-0.05, 0) is 0 Å². The van der Waals surface area contributed by atoms with E-state index in [1.54, 1.807) is 0 Å². The van der Waals surface area contributed by atoms with Crippen molar-refractivity contribution in [1.29, 1.82) is 10.5 Å². The predicted molar refractivity (Wildman–Crippen MR) is 29.2 cm³/mol. The molecule has 0 unspecified atom stereocenters. The number of ether oxygens (including phenoxy) is 2. The minimum Gasteiger partial charge on any atom is -0.907 e. The summed E-state index contributed by atoms with van der Waals surface area (Å²) in [4.78, 5) is 20.1. The largest absolute Gasteiger partial charge is 1.00 e. The maximum Gasteiger partial charge on any atom is 1.00 e. The first-order chi connectivity index (χ1) is 6.45. The second kappa shape index (κ2) is 22.1. The average Bonchev–Trinajstić information content (AvgIpc) is 2.04. The molecule has 13 heteroatoms. The van der Waals surface area contributed by atoms with E-state index in [4.69, 9.17) is 25.6 Å².